The molecular weight excluding hydrogens is 272 g/mol. The summed E-state index contributed by atoms with van der Waals surface area (Å²) >= 11 is 0. The minimum atomic E-state index is -1.53. The molecular formula is C11H16N2O7. The summed E-state index contributed by atoms with van der Waals surface area (Å²) in [5.41, 5.74) is 0. The van der Waals surface area contributed by atoms with E-state index in [-0.39, 0.29) is 13.2 Å². The average molecular weight is 288 g/mol. The van der Waals surface area contributed by atoms with E-state index in [2.05, 4.69) is 10.6 Å². The molecule has 1 heterocycles. The molecule has 0 radical (unpaired) electrons. The normalized spacial score (nSPS) is 20.9. The van der Waals surface area contributed by atoms with Gasteiger partial charge >= 0.3 is 17.9 Å². The van der Waals surface area contributed by atoms with Crippen molar-refractivity contribution in [3.8, 4) is 0 Å². The van der Waals surface area contributed by atoms with E-state index in [0.717, 1.165) is 0 Å². The van der Waals surface area contributed by atoms with Gasteiger partial charge in [-0.3, -0.25) is 10.1 Å². The highest BCUT2D eigenvalue weighted by Gasteiger charge is 2.47. The van der Waals surface area contributed by atoms with Crippen LogP contribution < -0.4 is 10.6 Å². The number of carboxylic acids is 1. The molecule has 0 aromatic rings. The number of carbonyl (C=O) groups is 4. The summed E-state index contributed by atoms with van der Waals surface area (Å²) in [5.74, 6) is -3.73. The van der Waals surface area contributed by atoms with Crippen molar-refractivity contribution in [2.24, 2.45) is 0 Å². The first kappa shape index (κ1) is 15.9. The molecule has 0 aromatic carbocycles. The van der Waals surface area contributed by atoms with Crippen LogP contribution in [-0.4, -0.2) is 60.3 Å². The minimum absolute atomic E-state index is 0.0373. The fourth-order valence-corrected chi connectivity index (χ4v) is 1.62. The third-order valence-corrected chi connectivity index (χ3v) is 2.57. The number of β-lactam (4-membered cyclic amide) rings is 1. The molecule has 0 aromatic heterocycles. The summed E-state index contributed by atoms with van der Waals surface area (Å²) in [6, 6.07) is -3.92. The molecule has 9 heteroatoms. The van der Waals surface area contributed by atoms with E-state index in [1.807, 2.05) is 0 Å². The Morgan fingerprint density at radius 1 is 1.25 bits per heavy atom. The standard InChI is InChI=1S/C11H16N2O7/c1-3-19-10(17)7(11(18)20-4-2)12-5-6(9(15)16)13-8(5)14/h5-7,12H,3-4H2,1-2H3,(H,13,14)(H,15,16). The van der Waals surface area contributed by atoms with Crippen molar-refractivity contribution in [2.45, 2.75) is 32.0 Å². The lowest BCUT2D eigenvalue weighted by Crippen LogP contribution is -2.73. The fraction of sp³-hybridized carbons (Fsp3) is 0.636. The number of rotatable bonds is 7. The third-order valence-electron chi connectivity index (χ3n) is 2.57. The van der Waals surface area contributed by atoms with Gasteiger partial charge in [0.1, 0.15) is 6.04 Å². The number of ether oxygens (including phenoxy) is 2. The molecule has 0 aliphatic carbocycles. The Labute approximate surface area is 114 Å². The van der Waals surface area contributed by atoms with Crippen molar-refractivity contribution < 1.29 is 33.8 Å². The average Bonchev–Trinajstić information content (AvgIpc) is 2.36. The number of hydrogen-bond donors (Lipinski definition) is 3. The number of carbonyl (C=O) groups excluding carboxylic acids is 3. The van der Waals surface area contributed by atoms with Crippen molar-refractivity contribution in [2.75, 3.05) is 13.2 Å². The molecule has 0 saturated carbocycles. The van der Waals surface area contributed by atoms with E-state index in [0.29, 0.717) is 0 Å². The van der Waals surface area contributed by atoms with Gasteiger partial charge in [-0.25, -0.2) is 14.4 Å². The summed E-state index contributed by atoms with van der Waals surface area (Å²) in [4.78, 5) is 45.4. The van der Waals surface area contributed by atoms with Gasteiger partial charge in [0, 0.05) is 0 Å². The lowest BCUT2D eigenvalue weighted by molar-refractivity contribution is -0.161. The first-order valence-corrected chi connectivity index (χ1v) is 6.04. The monoisotopic (exact) mass is 288 g/mol. The third kappa shape index (κ3) is 3.44. The molecule has 2 atom stereocenters. The molecule has 20 heavy (non-hydrogen) atoms. The topological polar surface area (TPSA) is 131 Å². The van der Waals surface area contributed by atoms with Crippen molar-refractivity contribution in [3.05, 3.63) is 0 Å². The highest BCUT2D eigenvalue weighted by molar-refractivity contribution is 6.03. The van der Waals surface area contributed by atoms with Crippen LogP contribution in [0.5, 0.6) is 0 Å². The number of aliphatic carboxylic acids is 1. The van der Waals surface area contributed by atoms with Gasteiger partial charge in [-0.15, -0.1) is 0 Å². The molecule has 3 N–H and O–H groups in total. The zero-order valence-corrected chi connectivity index (χ0v) is 11.0. The number of amides is 1. The van der Waals surface area contributed by atoms with Gasteiger partial charge in [0.15, 0.2) is 6.04 Å². The van der Waals surface area contributed by atoms with Crippen LogP contribution in [0.2, 0.25) is 0 Å². The van der Waals surface area contributed by atoms with Crippen molar-refractivity contribution in [3.63, 3.8) is 0 Å². The van der Waals surface area contributed by atoms with Crippen LogP contribution in [-0.2, 0) is 28.7 Å². The number of nitrogens with one attached hydrogen (secondary N) is 2. The maximum absolute atomic E-state index is 11.7. The quantitative estimate of drug-likeness (QED) is 0.279. The lowest BCUT2D eigenvalue weighted by Gasteiger charge is -2.35. The molecule has 0 bridgehead atoms. The molecule has 112 valence electrons. The molecule has 1 saturated heterocycles. The molecule has 0 spiro atoms. The first-order chi connectivity index (χ1) is 9.42. The smallest absolute Gasteiger partial charge is 0.334 e. The zero-order chi connectivity index (χ0) is 15.3. The van der Waals surface area contributed by atoms with Crippen LogP contribution in [0.1, 0.15) is 13.8 Å². The highest BCUT2D eigenvalue weighted by atomic mass is 16.6. The Kier molecular flexibility index (Phi) is 5.44. The summed E-state index contributed by atoms with van der Waals surface area (Å²) in [5, 5.41) is 13.3. The van der Waals surface area contributed by atoms with Gasteiger partial charge in [0.25, 0.3) is 0 Å². The summed E-state index contributed by atoms with van der Waals surface area (Å²) in [6.45, 7) is 3.18. The summed E-state index contributed by atoms with van der Waals surface area (Å²) in [6.07, 6.45) is 0. The van der Waals surface area contributed by atoms with E-state index in [9.17, 15) is 19.2 Å². The molecule has 1 aliphatic rings. The Morgan fingerprint density at radius 3 is 2.10 bits per heavy atom. The maximum Gasteiger partial charge on any atom is 0.334 e. The van der Waals surface area contributed by atoms with Gasteiger partial charge < -0.3 is 19.9 Å². The molecule has 1 fully saturated rings. The summed E-state index contributed by atoms with van der Waals surface area (Å²) < 4.78 is 9.38. The van der Waals surface area contributed by atoms with E-state index in [1.54, 1.807) is 13.8 Å². The second-order valence-corrected chi connectivity index (χ2v) is 3.91. The minimum Gasteiger partial charge on any atom is -0.480 e. The Morgan fingerprint density at radius 2 is 1.75 bits per heavy atom. The molecule has 9 nitrogen and oxygen atoms in total. The van der Waals surface area contributed by atoms with E-state index < -0.39 is 41.9 Å². The predicted octanol–water partition coefficient (Wildman–Crippen LogP) is -1.98. The number of esters is 2. The van der Waals surface area contributed by atoms with Crippen molar-refractivity contribution in [1.29, 1.82) is 0 Å². The van der Waals surface area contributed by atoms with Crippen molar-refractivity contribution >= 4 is 23.8 Å². The second kappa shape index (κ2) is 6.85. The van der Waals surface area contributed by atoms with Crippen LogP contribution in [0.15, 0.2) is 0 Å². The fourth-order valence-electron chi connectivity index (χ4n) is 1.62. The van der Waals surface area contributed by atoms with Crippen LogP contribution in [0, 0.1) is 0 Å². The van der Waals surface area contributed by atoms with E-state index in [4.69, 9.17) is 14.6 Å². The predicted molar refractivity (Wildman–Crippen MR) is 63.5 cm³/mol. The Hall–Kier alpha value is -2.16. The largest absolute Gasteiger partial charge is 0.480 e. The highest BCUT2D eigenvalue weighted by Crippen LogP contribution is 2.09. The Bertz CT molecular complexity index is 405. The van der Waals surface area contributed by atoms with Crippen LogP contribution in [0.25, 0.3) is 0 Å². The number of hydrogen-bond acceptors (Lipinski definition) is 7. The molecule has 1 amide bonds. The SMILES string of the molecule is CCOC(=O)C(NC1C(=O)NC1C(=O)O)C(=O)OCC. The van der Waals surface area contributed by atoms with Gasteiger partial charge in [-0.1, -0.05) is 0 Å². The van der Waals surface area contributed by atoms with Crippen LogP contribution in [0.4, 0.5) is 0 Å². The molecule has 1 rings (SSSR count). The lowest BCUT2D eigenvalue weighted by atomic mass is 9.98. The van der Waals surface area contributed by atoms with Gasteiger partial charge in [0.2, 0.25) is 11.9 Å². The Balaban J connectivity index is 2.78. The van der Waals surface area contributed by atoms with E-state index >= 15 is 0 Å². The van der Waals surface area contributed by atoms with Crippen LogP contribution in [0.3, 0.4) is 0 Å². The van der Waals surface area contributed by atoms with E-state index in [1.165, 1.54) is 0 Å². The second-order valence-electron chi connectivity index (χ2n) is 3.91. The van der Waals surface area contributed by atoms with Crippen molar-refractivity contribution in [1.82, 2.24) is 10.6 Å². The summed E-state index contributed by atoms with van der Waals surface area (Å²) in [7, 11) is 0. The number of carboxylic acid groups (broad SMARTS) is 1. The van der Waals surface area contributed by atoms with Gasteiger partial charge in [-0.2, -0.15) is 0 Å². The van der Waals surface area contributed by atoms with Gasteiger partial charge in [-0.05, 0) is 13.8 Å². The molecule has 2 unspecified atom stereocenters. The zero-order valence-electron chi connectivity index (χ0n) is 11.0. The molecule has 1 aliphatic heterocycles. The maximum atomic E-state index is 11.7. The first-order valence-electron chi connectivity index (χ1n) is 6.04. The van der Waals surface area contributed by atoms with Gasteiger partial charge in [0.05, 0.1) is 13.2 Å². The van der Waals surface area contributed by atoms with Crippen LogP contribution >= 0.6 is 0 Å².